The van der Waals surface area contributed by atoms with Crippen molar-refractivity contribution in [3.8, 4) is 0 Å². The summed E-state index contributed by atoms with van der Waals surface area (Å²) in [4.78, 5) is 11.3. The smallest absolute Gasteiger partial charge is 0.251 e. The predicted molar refractivity (Wildman–Crippen MR) is 45.0 cm³/mol. The Morgan fingerprint density at radius 2 is 2.27 bits per heavy atom. The molecule has 1 saturated carbocycles. The minimum atomic E-state index is -0.323. The highest BCUT2D eigenvalue weighted by Crippen LogP contribution is 2.39. The van der Waals surface area contributed by atoms with Crippen LogP contribution in [0.1, 0.15) is 19.8 Å². The Kier molecular flexibility index (Phi) is 1.24. The summed E-state index contributed by atoms with van der Waals surface area (Å²) in [5.41, 5.74) is -0.323. The molecule has 1 amide bonds. The first kappa shape index (κ1) is 7.03. The molecule has 1 aliphatic heterocycles. The summed E-state index contributed by atoms with van der Waals surface area (Å²) < 4.78 is 0. The van der Waals surface area contributed by atoms with E-state index in [2.05, 4.69) is 17.6 Å². The van der Waals surface area contributed by atoms with Crippen molar-refractivity contribution < 1.29 is 4.79 Å². The van der Waals surface area contributed by atoms with E-state index in [4.69, 9.17) is 12.2 Å². The zero-order valence-electron chi connectivity index (χ0n) is 6.31. The van der Waals surface area contributed by atoms with Crippen LogP contribution in [0.15, 0.2) is 0 Å². The minimum Gasteiger partial charge on any atom is -0.348 e. The lowest BCUT2D eigenvalue weighted by molar-refractivity contribution is -0.128. The Labute approximate surface area is 70.5 Å². The van der Waals surface area contributed by atoms with E-state index in [-0.39, 0.29) is 11.4 Å². The molecule has 3 nitrogen and oxygen atoms in total. The SMILES string of the molecule is CC1CC2(C1)NC(=S)NC2=O. The molecule has 1 aliphatic carbocycles. The van der Waals surface area contributed by atoms with Crippen LogP contribution in [-0.4, -0.2) is 16.6 Å². The van der Waals surface area contributed by atoms with Crippen LogP contribution in [-0.2, 0) is 4.79 Å². The zero-order chi connectivity index (χ0) is 8.06. The van der Waals surface area contributed by atoms with Crippen LogP contribution < -0.4 is 10.6 Å². The maximum absolute atomic E-state index is 11.3. The number of amides is 1. The van der Waals surface area contributed by atoms with Crippen molar-refractivity contribution >= 4 is 23.2 Å². The molecule has 1 spiro atoms. The van der Waals surface area contributed by atoms with Gasteiger partial charge in [-0.05, 0) is 31.0 Å². The van der Waals surface area contributed by atoms with E-state index in [0.29, 0.717) is 11.0 Å². The van der Waals surface area contributed by atoms with E-state index >= 15 is 0 Å². The quantitative estimate of drug-likeness (QED) is 0.509. The number of hydrogen-bond donors (Lipinski definition) is 2. The zero-order valence-corrected chi connectivity index (χ0v) is 7.12. The van der Waals surface area contributed by atoms with E-state index in [9.17, 15) is 4.79 Å². The first-order valence-electron chi connectivity index (χ1n) is 3.76. The summed E-state index contributed by atoms with van der Waals surface area (Å²) in [5, 5.41) is 6.12. The first-order valence-corrected chi connectivity index (χ1v) is 4.17. The number of thiocarbonyl (C=S) groups is 1. The summed E-state index contributed by atoms with van der Waals surface area (Å²) >= 11 is 4.84. The first-order chi connectivity index (χ1) is 5.12. The molecule has 0 radical (unpaired) electrons. The number of rotatable bonds is 0. The highest BCUT2D eigenvalue weighted by molar-refractivity contribution is 7.80. The van der Waals surface area contributed by atoms with Gasteiger partial charge in [-0.25, -0.2) is 0 Å². The van der Waals surface area contributed by atoms with Crippen LogP contribution in [0.5, 0.6) is 0 Å². The fourth-order valence-electron chi connectivity index (χ4n) is 1.95. The molecule has 0 bridgehead atoms. The molecule has 0 aromatic carbocycles. The average molecular weight is 170 g/mol. The van der Waals surface area contributed by atoms with Gasteiger partial charge in [0.2, 0.25) is 0 Å². The Morgan fingerprint density at radius 3 is 2.64 bits per heavy atom. The molecule has 1 heterocycles. The molecular weight excluding hydrogens is 160 g/mol. The van der Waals surface area contributed by atoms with Crippen LogP contribution in [0.2, 0.25) is 0 Å². The van der Waals surface area contributed by atoms with Crippen molar-refractivity contribution in [2.45, 2.75) is 25.3 Å². The van der Waals surface area contributed by atoms with Gasteiger partial charge in [-0.2, -0.15) is 0 Å². The van der Waals surface area contributed by atoms with Gasteiger partial charge in [-0.15, -0.1) is 0 Å². The van der Waals surface area contributed by atoms with E-state index in [1.165, 1.54) is 0 Å². The molecule has 60 valence electrons. The second-order valence-corrected chi connectivity index (χ2v) is 3.91. The summed E-state index contributed by atoms with van der Waals surface area (Å²) in [5.74, 6) is 0.703. The van der Waals surface area contributed by atoms with Crippen LogP contribution in [0.4, 0.5) is 0 Å². The van der Waals surface area contributed by atoms with E-state index < -0.39 is 0 Å². The summed E-state index contributed by atoms with van der Waals surface area (Å²) in [6.45, 7) is 2.14. The molecule has 2 N–H and O–H groups in total. The van der Waals surface area contributed by atoms with Gasteiger partial charge < -0.3 is 10.6 Å². The highest BCUT2D eigenvalue weighted by Gasteiger charge is 2.52. The summed E-state index contributed by atoms with van der Waals surface area (Å²) in [6, 6.07) is 0. The molecule has 4 heteroatoms. The fraction of sp³-hybridized carbons (Fsp3) is 0.714. The Hall–Kier alpha value is -0.640. The van der Waals surface area contributed by atoms with Crippen molar-refractivity contribution in [1.82, 2.24) is 10.6 Å². The largest absolute Gasteiger partial charge is 0.348 e. The van der Waals surface area contributed by atoms with E-state index in [0.717, 1.165) is 12.8 Å². The van der Waals surface area contributed by atoms with Gasteiger partial charge in [0.15, 0.2) is 5.11 Å². The van der Waals surface area contributed by atoms with Gasteiger partial charge in [-0.3, -0.25) is 4.79 Å². The van der Waals surface area contributed by atoms with Crippen LogP contribution in [0.25, 0.3) is 0 Å². The van der Waals surface area contributed by atoms with Crippen LogP contribution >= 0.6 is 12.2 Å². The topological polar surface area (TPSA) is 41.1 Å². The predicted octanol–water partition coefficient (Wildman–Crippen LogP) is 0.159. The normalized spacial score (nSPS) is 41.7. The van der Waals surface area contributed by atoms with Crippen LogP contribution in [0.3, 0.4) is 0 Å². The minimum absolute atomic E-state index is 0.0561. The van der Waals surface area contributed by atoms with Gasteiger partial charge in [-0.1, -0.05) is 6.92 Å². The number of carbonyl (C=O) groups excluding carboxylic acids is 1. The number of carbonyl (C=O) groups is 1. The number of hydrogen-bond acceptors (Lipinski definition) is 2. The van der Waals surface area contributed by atoms with Crippen molar-refractivity contribution in [3.05, 3.63) is 0 Å². The second-order valence-electron chi connectivity index (χ2n) is 3.50. The molecular formula is C7H10N2OS. The third-order valence-electron chi connectivity index (χ3n) is 2.41. The lowest BCUT2D eigenvalue weighted by Gasteiger charge is -2.40. The highest BCUT2D eigenvalue weighted by atomic mass is 32.1. The van der Waals surface area contributed by atoms with Gasteiger partial charge in [0, 0.05) is 0 Å². The van der Waals surface area contributed by atoms with Crippen molar-refractivity contribution in [3.63, 3.8) is 0 Å². The molecule has 2 aliphatic rings. The van der Waals surface area contributed by atoms with E-state index in [1.807, 2.05) is 0 Å². The van der Waals surface area contributed by atoms with Crippen molar-refractivity contribution in [2.75, 3.05) is 0 Å². The lowest BCUT2D eigenvalue weighted by atomic mass is 9.69. The second kappa shape index (κ2) is 1.94. The molecule has 2 fully saturated rings. The fourth-order valence-corrected chi connectivity index (χ4v) is 2.23. The van der Waals surface area contributed by atoms with Gasteiger partial charge >= 0.3 is 0 Å². The number of nitrogens with one attached hydrogen (secondary N) is 2. The van der Waals surface area contributed by atoms with Crippen LogP contribution in [0, 0.1) is 5.92 Å². The molecule has 0 aromatic rings. The maximum Gasteiger partial charge on any atom is 0.251 e. The monoisotopic (exact) mass is 170 g/mol. The van der Waals surface area contributed by atoms with Crippen molar-refractivity contribution in [2.24, 2.45) is 5.92 Å². The molecule has 1 saturated heterocycles. The lowest BCUT2D eigenvalue weighted by Crippen LogP contribution is -2.56. The maximum atomic E-state index is 11.3. The Morgan fingerprint density at radius 1 is 1.64 bits per heavy atom. The van der Waals surface area contributed by atoms with Crippen molar-refractivity contribution in [1.29, 1.82) is 0 Å². The molecule has 0 aromatic heterocycles. The Bertz CT molecular complexity index is 233. The molecule has 0 atom stereocenters. The van der Waals surface area contributed by atoms with Gasteiger partial charge in [0.1, 0.15) is 5.54 Å². The standard InChI is InChI=1S/C7H10N2OS/c1-4-2-7(3-4)5(10)8-6(11)9-7/h4H,2-3H2,1H3,(H2,8,9,10,11). The molecule has 11 heavy (non-hydrogen) atoms. The van der Waals surface area contributed by atoms with E-state index in [1.54, 1.807) is 0 Å². The summed E-state index contributed by atoms with van der Waals surface area (Å²) in [6.07, 6.45) is 1.83. The van der Waals surface area contributed by atoms with Gasteiger partial charge in [0.05, 0.1) is 0 Å². The average Bonchev–Trinajstić information content (AvgIpc) is 2.06. The third kappa shape index (κ3) is 0.854. The Balaban J connectivity index is 2.16. The molecule has 2 rings (SSSR count). The molecule has 0 unspecified atom stereocenters. The summed E-state index contributed by atoms with van der Waals surface area (Å²) in [7, 11) is 0. The van der Waals surface area contributed by atoms with Gasteiger partial charge in [0.25, 0.3) is 5.91 Å². The third-order valence-corrected chi connectivity index (χ3v) is 2.61.